The molecule has 0 aromatic heterocycles. The maximum Gasteiger partial charge on any atom is 0.0166 e. The molecular weight excluding hydrogens is 158 g/mol. The lowest BCUT2D eigenvalue weighted by atomic mass is 9.79. The van der Waals surface area contributed by atoms with Gasteiger partial charge in [0.1, 0.15) is 0 Å². The van der Waals surface area contributed by atoms with E-state index in [4.69, 9.17) is 0 Å². The van der Waals surface area contributed by atoms with Crippen molar-refractivity contribution in [1.82, 2.24) is 4.90 Å². The van der Waals surface area contributed by atoms with Crippen LogP contribution in [0.15, 0.2) is 11.6 Å². The minimum absolute atomic E-state index is 0.430. The maximum absolute atomic E-state index is 2.50. The minimum Gasteiger partial charge on any atom is -0.300 e. The van der Waals surface area contributed by atoms with E-state index in [1.807, 2.05) is 0 Å². The van der Waals surface area contributed by atoms with Gasteiger partial charge in [0.2, 0.25) is 0 Å². The highest BCUT2D eigenvalue weighted by Gasteiger charge is 2.23. The highest BCUT2D eigenvalue weighted by atomic mass is 15.1. The van der Waals surface area contributed by atoms with Crippen LogP contribution >= 0.6 is 0 Å². The van der Waals surface area contributed by atoms with Crippen molar-refractivity contribution >= 4 is 0 Å². The Balaban J connectivity index is 2.59. The number of hydrogen-bond donors (Lipinski definition) is 0. The fourth-order valence-electron chi connectivity index (χ4n) is 1.84. The van der Waals surface area contributed by atoms with Crippen molar-refractivity contribution in [2.45, 2.75) is 40.5 Å². The first-order chi connectivity index (χ1) is 6.10. The molecule has 0 atom stereocenters. The fourth-order valence-corrected chi connectivity index (χ4v) is 1.84. The Morgan fingerprint density at radius 2 is 2.08 bits per heavy atom. The van der Waals surface area contributed by atoms with Gasteiger partial charge in [-0.2, -0.15) is 0 Å². The molecule has 1 aliphatic heterocycles. The predicted molar refractivity (Wildman–Crippen MR) is 58.9 cm³/mol. The van der Waals surface area contributed by atoms with Crippen molar-refractivity contribution in [2.75, 3.05) is 19.6 Å². The molecule has 0 aromatic carbocycles. The molecular formula is C12H23N. The van der Waals surface area contributed by atoms with Crippen LogP contribution in [0.4, 0.5) is 0 Å². The normalized spacial score (nSPS) is 20.2. The Morgan fingerprint density at radius 3 is 2.46 bits per heavy atom. The van der Waals surface area contributed by atoms with Gasteiger partial charge in [0.15, 0.2) is 0 Å². The van der Waals surface area contributed by atoms with E-state index < -0.39 is 0 Å². The van der Waals surface area contributed by atoms with Crippen LogP contribution in [0.2, 0.25) is 0 Å². The van der Waals surface area contributed by atoms with Gasteiger partial charge < -0.3 is 0 Å². The van der Waals surface area contributed by atoms with Crippen LogP contribution in [-0.4, -0.2) is 24.5 Å². The van der Waals surface area contributed by atoms with Crippen LogP contribution in [-0.2, 0) is 0 Å². The monoisotopic (exact) mass is 181 g/mol. The van der Waals surface area contributed by atoms with Crippen molar-refractivity contribution in [2.24, 2.45) is 5.41 Å². The second-order valence-electron chi connectivity index (χ2n) is 4.61. The zero-order valence-corrected chi connectivity index (χ0v) is 9.56. The van der Waals surface area contributed by atoms with E-state index in [0.717, 1.165) is 6.54 Å². The smallest absolute Gasteiger partial charge is 0.0166 e. The molecule has 0 unspecified atom stereocenters. The first kappa shape index (κ1) is 10.8. The van der Waals surface area contributed by atoms with Crippen LogP contribution in [0.3, 0.4) is 0 Å². The molecule has 13 heavy (non-hydrogen) atoms. The second-order valence-corrected chi connectivity index (χ2v) is 4.61. The third kappa shape index (κ3) is 2.57. The quantitative estimate of drug-likeness (QED) is 0.605. The van der Waals surface area contributed by atoms with E-state index in [2.05, 4.69) is 38.7 Å². The summed E-state index contributed by atoms with van der Waals surface area (Å²) in [5, 5.41) is 0. The van der Waals surface area contributed by atoms with Crippen molar-refractivity contribution in [3.05, 3.63) is 11.6 Å². The van der Waals surface area contributed by atoms with Crippen LogP contribution < -0.4 is 0 Å². The summed E-state index contributed by atoms with van der Waals surface area (Å²) >= 11 is 0. The average Bonchev–Trinajstić information content (AvgIpc) is 2.18. The Kier molecular flexibility index (Phi) is 3.55. The van der Waals surface area contributed by atoms with Crippen LogP contribution in [0.1, 0.15) is 40.5 Å². The maximum atomic E-state index is 2.50. The summed E-state index contributed by atoms with van der Waals surface area (Å²) in [7, 11) is 0. The molecule has 1 aliphatic rings. The third-order valence-electron chi connectivity index (χ3n) is 3.49. The molecule has 0 saturated carbocycles. The third-order valence-corrected chi connectivity index (χ3v) is 3.49. The van der Waals surface area contributed by atoms with Crippen molar-refractivity contribution in [1.29, 1.82) is 0 Å². The molecule has 1 rings (SSSR count). The second kappa shape index (κ2) is 4.28. The lowest BCUT2D eigenvalue weighted by Gasteiger charge is -2.33. The molecule has 0 aromatic rings. The highest BCUT2D eigenvalue weighted by molar-refractivity contribution is 5.15. The number of hydrogen-bond acceptors (Lipinski definition) is 1. The van der Waals surface area contributed by atoms with Gasteiger partial charge in [0.25, 0.3) is 0 Å². The molecule has 0 bridgehead atoms. The summed E-state index contributed by atoms with van der Waals surface area (Å²) in [5.74, 6) is 0. The standard InChI is InChI=1S/C12H23N/c1-5-12(3,4)11-7-9-13(6-2)10-8-11/h7H,5-6,8-10H2,1-4H3. The van der Waals surface area contributed by atoms with E-state index in [1.54, 1.807) is 5.57 Å². The molecule has 0 aliphatic carbocycles. The van der Waals surface area contributed by atoms with Gasteiger partial charge in [0, 0.05) is 13.1 Å². The molecule has 0 amide bonds. The van der Waals surface area contributed by atoms with E-state index in [0.29, 0.717) is 5.41 Å². The lowest BCUT2D eigenvalue weighted by Crippen LogP contribution is -2.31. The topological polar surface area (TPSA) is 3.24 Å². The molecule has 76 valence electrons. The van der Waals surface area contributed by atoms with E-state index >= 15 is 0 Å². The Morgan fingerprint density at radius 1 is 1.38 bits per heavy atom. The summed E-state index contributed by atoms with van der Waals surface area (Å²) in [4.78, 5) is 2.50. The molecule has 0 spiro atoms. The zero-order valence-electron chi connectivity index (χ0n) is 9.56. The van der Waals surface area contributed by atoms with E-state index in [1.165, 1.54) is 25.9 Å². The van der Waals surface area contributed by atoms with Gasteiger partial charge in [-0.05, 0) is 24.8 Å². The first-order valence-electron chi connectivity index (χ1n) is 5.52. The van der Waals surface area contributed by atoms with Crippen molar-refractivity contribution < 1.29 is 0 Å². The van der Waals surface area contributed by atoms with E-state index in [9.17, 15) is 0 Å². The number of likely N-dealkylation sites (N-methyl/N-ethyl adjacent to an activating group) is 1. The van der Waals surface area contributed by atoms with Crippen LogP contribution in [0.25, 0.3) is 0 Å². The van der Waals surface area contributed by atoms with Gasteiger partial charge >= 0.3 is 0 Å². The summed E-state index contributed by atoms with van der Waals surface area (Å²) in [5.41, 5.74) is 2.10. The Hall–Kier alpha value is -0.300. The van der Waals surface area contributed by atoms with E-state index in [-0.39, 0.29) is 0 Å². The minimum atomic E-state index is 0.430. The van der Waals surface area contributed by atoms with Gasteiger partial charge in [-0.15, -0.1) is 0 Å². The van der Waals surface area contributed by atoms with Crippen molar-refractivity contribution in [3.63, 3.8) is 0 Å². The molecule has 0 radical (unpaired) electrons. The molecule has 1 nitrogen and oxygen atoms in total. The average molecular weight is 181 g/mol. The summed E-state index contributed by atoms with van der Waals surface area (Å²) < 4.78 is 0. The van der Waals surface area contributed by atoms with Crippen molar-refractivity contribution in [3.8, 4) is 0 Å². The van der Waals surface area contributed by atoms with Gasteiger partial charge in [-0.1, -0.05) is 39.3 Å². The highest BCUT2D eigenvalue weighted by Crippen LogP contribution is 2.33. The lowest BCUT2D eigenvalue weighted by molar-refractivity contribution is 0.285. The summed E-state index contributed by atoms with van der Waals surface area (Å²) in [6, 6.07) is 0. The molecule has 0 N–H and O–H groups in total. The number of nitrogens with zero attached hydrogens (tertiary/aromatic N) is 1. The molecule has 0 fully saturated rings. The largest absolute Gasteiger partial charge is 0.300 e. The summed E-state index contributed by atoms with van der Waals surface area (Å²) in [6.45, 7) is 12.9. The predicted octanol–water partition coefficient (Wildman–Crippen LogP) is 3.07. The Bertz CT molecular complexity index is 191. The molecule has 0 saturated heterocycles. The van der Waals surface area contributed by atoms with Gasteiger partial charge in [0.05, 0.1) is 0 Å². The zero-order chi connectivity index (χ0) is 9.90. The van der Waals surface area contributed by atoms with Gasteiger partial charge in [-0.3, -0.25) is 4.90 Å². The number of rotatable bonds is 3. The summed E-state index contributed by atoms with van der Waals surface area (Å²) in [6.07, 6.45) is 4.97. The fraction of sp³-hybridized carbons (Fsp3) is 0.833. The molecule has 1 heterocycles. The van der Waals surface area contributed by atoms with Crippen LogP contribution in [0, 0.1) is 5.41 Å². The first-order valence-corrected chi connectivity index (χ1v) is 5.52. The van der Waals surface area contributed by atoms with Crippen LogP contribution in [0.5, 0.6) is 0 Å². The molecule has 1 heteroatoms. The Labute approximate surface area is 82.8 Å². The SMILES string of the molecule is CCN1CC=C(C(C)(C)CC)CC1. The van der Waals surface area contributed by atoms with Gasteiger partial charge in [-0.25, -0.2) is 0 Å².